The minimum atomic E-state index is -0.854. The van der Waals surface area contributed by atoms with Crippen molar-refractivity contribution in [1.29, 1.82) is 0 Å². The third-order valence-electron chi connectivity index (χ3n) is 7.83. The quantitative estimate of drug-likeness (QED) is 0.355. The molecule has 0 aliphatic carbocycles. The predicted molar refractivity (Wildman–Crippen MR) is 147 cm³/mol. The van der Waals surface area contributed by atoms with Gasteiger partial charge in [0.2, 0.25) is 17.7 Å². The number of fused-ring (bicyclic) bond motifs is 6. The van der Waals surface area contributed by atoms with Gasteiger partial charge in [-0.3, -0.25) is 14.4 Å². The number of halogens is 1. The van der Waals surface area contributed by atoms with E-state index in [2.05, 4.69) is 5.32 Å². The van der Waals surface area contributed by atoms with E-state index in [0.29, 0.717) is 16.4 Å². The van der Waals surface area contributed by atoms with Gasteiger partial charge in [0.05, 0.1) is 23.6 Å². The summed E-state index contributed by atoms with van der Waals surface area (Å²) in [4.78, 5) is 45.1. The first-order valence-electron chi connectivity index (χ1n) is 12.5. The maximum atomic E-state index is 14.1. The van der Waals surface area contributed by atoms with Gasteiger partial charge in [-0.05, 0) is 64.4 Å². The Hall–Kier alpha value is -4.42. The Balaban J connectivity index is 1.32. The number of imide groups is 1. The van der Waals surface area contributed by atoms with Gasteiger partial charge in [-0.1, -0.05) is 66.2 Å². The molecule has 3 amide bonds. The molecule has 2 saturated heterocycles. The molecular formula is C31H22ClN3O3. The van der Waals surface area contributed by atoms with Crippen molar-refractivity contribution in [2.45, 2.75) is 12.1 Å². The van der Waals surface area contributed by atoms with Crippen molar-refractivity contribution in [3.05, 3.63) is 113 Å². The van der Waals surface area contributed by atoms with Gasteiger partial charge in [-0.25, -0.2) is 4.90 Å². The van der Waals surface area contributed by atoms with E-state index < -0.39 is 23.9 Å². The van der Waals surface area contributed by atoms with Crippen LogP contribution in [0.15, 0.2) is 97.2 Å². The average molecular weight is 520 g/mol. The molecule has 3 aliphatic rings. The van der Waals surface area contributed by atoms with E-state index in [1.54, 1.807) is 30.3 Å². The molecule has 0 radical (unpaired) electrons. The third-order valence-corrected chi connectivity index (χ3v) is 8.09. The molecule has 3 heterocycles. The van der Waals surface area contributed by atoms with E-state index in [-0.39, 0.29) is 17.7 Å². The molecule has 2 fully saturated rings. The normalized spacial score (nSPS) is 23.4. The Morgan fingerprint density at radius 3 is 2.32 bits per heavy atom. The lowest BCUT2D eigenvalue weighted by Gasteiger charge is -2.35. The van der Waals surface area contributed by atoms with E-state index in [0.717, 1.165) is 21.9 Å². The van der Waals surface area contributed by atoms with Gasteiger partial charge in [-0.15, -0.1) is 0 Å². The highest BCUT2D eigenvalue weighted by Gasteiger charge is 2.64. The number of amides is 3. The molecule has 0 aromatic heterocycles. The Morgan fingerprint density at radius 2 is 1.50 bits per heavy atom. The largest absolute Gasteiger partial charge is 0.357 e. The maximum absolute atomic E-state index is 14.1. The SMILES string of the molecule is O=C(Nc1ccc(Cl)cc1)[C@H]1[C@H]2C(=O)N(c3ccc4ccccc4c3)C(=O)[C@H]2C2c3ccccc3C=CN21. The first-order chi connectivity index (χ1) is 18.5. The van der Waals surface area contributed by atoms with Gasteiger partial charge < -0.3 is 10.2 Å². The number of nitrogens with one attached hydrogen (secondary N) is 1. The first kappa shape index (κ1) is 22.8. The van der Waals surface area contributed by atoms with Crippen molar-refractivity contribution in [3.8, 4) is 0 Å². The van der Waals surface area contributed by atoms with Crippen LogP contribution in [0.1, 0.15) is 17.2 Å². The van der Waals surface area contributed by atoms with Gasteiger partial charge in [0.25, 0.3) is 0 Å². The molecule has 1 unspecified atom stereocenters. The summed E-state index contributed by atoms with van der Waals surface area (Å²) in [6.45, 7) is 0. The van der Waals surface area contributed by atoms with E-state index in [1.807, 2.05) is 77.8 Å². The lowest BCUT2D eigenvalue weighted by Crippen LogP contribution is -2.46. The van der Waals surface area contributed by atoms with Crippen molar-refractivity contribution in [3.63, 3.8) is 0 Å². The summed E-state index contributed by atoms with van der Waals surface area (Å²) in [5, 5.41) is 5.46. The molecule has 0 saturated carbocycles. The fraction of sp³-hybridized carbons (Fsp3) is 0.129. The number of carbonyl (C=O) groups is 3. The molecule has 1 N–H and O–H groups in total. The number of hydrogen-bond acceptors (Lipinski definition) is 4. The summed E-state index contributed by atoms with van der Waals surface area (Å²) in [5.41, 5.74) is 3.02. The van der Waals surface area contributed by atoms with Crippen LogP contribution in [0.2, 0.25) is 5.02 Å². The van der Waals surface area contributed by atoms with E-state index in [9.17, 15) is 14.4 Å². The Bertz CT molecular complexity index is 1660. The lowest BCUT2D eigenvalue weighted by molar-refractivity contribution is -0.128. The second kappa shape index (κ2) is 8.57. The van der Waals surface area contributed by atoms with Crippen molar-refractivity contribution >= 4 is 57.5 Å². The van der Waals surface area contributed by atoms with Crippen LogP contribution in [-0.2, 0) is 14.4 Å². The average Bonchev–Trinajstić information content (AvgIpc) is 3.42. The van der Waals surface area contributed by atoms with Crippen LogP contribution in [0, 0.1) is 11.8 Å². The van der Waals surface area contributed by atoms with E-state index >= 15 is 0 Å². The van der Waals surface area contributed by atoms with E-state index in [1.165, 1.54) is 4.90 Å². The molecule has 4 aromatic rings. The van der Waals surface area contributed by atoms with Crippen molar-refractivity contribution in [2.24, 2.45) is 11.8 Å². The molecule has 4 aromatic carbocycles. The standard InChI is InChI=1S/C31H22ClN3O3/c32-21-10-12-22(13-11-21)33-29(36)28-26-25(27-24-8-4-3-6-19(24)15-16-34(27)28)30(37)35(31(26)38)23-14-9-18-5-1-2-7-20(18)17-23/h1-17,25-28H,(H,33,36)/t25-,26+,27?,28-/m1/s1. The summed E-state index contributed by atoms with van der Waals surface area (Å²) in [6, 6.07) is 26.8. The zero-order valence-electron chi connectivity index (χ0n) is 20.1. The summed E-state index contributed by atoms with van der Waals surface area (Å²) in [6.07, 6.45) is 3.78. The van der Waals surface area contributed by atoms with Crippen LogP contribution in [0.5, 0.6) is 0 Å². The zero-order chi connectivity index (χ0) is 26.0. The van der Waals surface area contributed by atoms with Crippen LogP contribution in [-0.4, -0.2) is 28.7 Å². The molecule has 38 heavy (non-hydrogen) atoms. The number of hydrogen-bond donors (Lipinski definition) is 1. The van der Waals surface area contributed by atoms with Crippen LogP contribution < -0.4 is 10.2 Å². The molecule has 4 atom stereocenters. The lowest BCUT2D eigenvalue weighted by atomic mass is 9.84. The monoisotopic (exact) mass is 519 g/mol. The first-order valence-corrected chi connectivity index (χ1v) is 12.9. The minimum absolute atomic E-state index is 0.280. The Kier molecular flexibility index (Phi) is 5.13. The smallest absolute Gasteiger partial charge is 0.247 e. The van der Waals surface area contributed by atoms with E-state index in [4.69, 9.17) is 11.6 Å². The molecule has 6 nitrogen and oxygen atoms in total. The molecule has 7 heteroatoms. The number of benzene rings is 4. The number of nitrogens with zero attached hydrogens (tertiary/aromatic N) is 2. The summed E-state index contributed by atoms with van der Waals surface area (Å²) in [5.74, 6) is -2.50. The van der Waals surface area contributed by atoms with Gasteiger partial charge in [0, 0.05) is 16.9 Å². The third kappa shape index (κ3) is 3.37. The highest BCUT2D eigenvalue weighted by Crippen LogP contribution is 2.53. The van der Waals surface area contributed by atoms with Crippen molar-refractivity contribution in [1.82, 2.24) is 4.90 Å². The fourth-order valence-electron chi connectivity index (χ4n) is 6.18. The molecule has 3 aliphatic heterocycles. The molecule has 0 spiro atoms. The topological polar surface area (TPSA) is 69.7 Å². The summed E-state index contributed by atoms with van der Waals surface area (Å²) >= 11 is 6.02. The highest BCUT2D eigenvalue weighted by molar-refractivity contribution is 6.30. The van der Waals surface area contributed by atoms with Crippen LogP contribution in [0.3, 0.4) is 0 Å². The molecule has 186 valence electrons. The van der Waals surface area contributed by atoms with Gasteiger partial charge >= 0.3 is 0 Å². The Labute approximate surface area is 224 Å². The van der Waals surface area contributed by atoms with Crippen LogP contribution >= 0.6 is 11.6 Å². The number of carbonyl (C=O) groups excluding carboxylic acids is 3. The fourth-order valence-corrected chi connectivity index (χ4v) is 6.30. The zero-order valence-corrected chi connectivity index (χ0v) is 20.9. The summed E-state index contributed by atoms with van der Waals surface area (Å²) in [7, 11) is 0. The van der Waals surface area contributed by atoms with Gasteiger partial charge in [-0.2, -0.15) is 0 Å². The summed E-state index contributed by atoms with van der Waals surface area (Å²) < 4.78 is 0. The van der Waals surface area contributed by atoms with Crippen molar-refractivity contribution < 1.29 is 14.4 Å². The second-order valence-electron chi connectivity index (χ2n) is 9.87. The van der Waals surface area contributed by atoms with Crippen LogP contribution in [0.25, 0.3) is 16.8 Å². The maximum Gasteiger partial charge on any atom is 0.247 e. The van der Waals surface area contributed by atoms with Gasteiger partial charge in [0.15, 0.2) is 0 Å². The number of anilines is 2. The van der Waals surface area contributed by atoms with Gasteiger partial charge in [0.1, 0.15) is 6.04 Å². The highest BCUT2D eigenvalue weighted by atomic mass is 35.5. The minimum Gasteiger partial charge on any atom is -0.357 e. The predicted octanol–water partition coefficient (Wildman–Crippen LogP) is 5.65. The second-order valence-corrected chi connectivity index (χ2v) is 10.3. The van der Waals surface area contributed by atoms with Crippen LogP contribution in [0.4, 0.5) is 11.4 Å². The molecule has 7 rings (SSSR count). The number of rotatable bonds is 3. The molecule has 0 bridgehead atoms. The molecular weight excluding hydrogens is 498 g/mol. The Morgan fingerprint density at radius 1 is 0.789 bits per heavy atom. The van der Waals surface area contributed by atoms with Crippen molar-refractivity contribution in [2.75, 3.05) is 10.2 Å².